The average molecular weight is 347 g/mol. The van der Waals surface area contributed by atoms with E-state index < -0.39 is 11.5 Å². The summed E-state index contributed by atoms with van der Waals surface area (Å²) in [6, 6.07) is 9.75. The number of rotatable bonds is 8. The molecular formula is C19H22FNO4. The standard InChI is InChI=1S/C19H22FNO4/c1-19(2,12-11-18(23)24)21-17(22)10-8-13-7-9-16(25-13)14-5-3-4-6-15(14)20/h3-7,9H,8,10-12H2,1-2H3,(H,21,22)(H,23,24). The van der Waals surface area contributed by atoms with Crippen molar-refractivity contribution in [2.75, 3.05) is 0 Å². The van der Waals surface area contributed by atoms with Crippen molar-refractivity contribution in [3.63, 3.8) is 0 Å². The van der Waals surface area contributed by atoms with Gasteiger partial charge in [-0.05, 0) is 44.5 Å². The average Bonchev–Trinajstić information content (AvgIpc) is 3.00. The van der Waals surface area contributed by atoms with Crippen LogP contribution in [0, 0.1) is 5.82 Å². The molecule has 1 heterocycles. The van der Waals surface area contributed by atoms with Gasteiger partial charge in [-0.3, -0.25) is 9.59 Å². The highest BCUT2D eigenvalue weighted by molar-refractivity contribution is 5.77. The third-order valence-corrected chi connectivity index (χ3v) is 3.84. The molecule has 1 aromatic heterocycles. The maximum absolute atomic E-state index is 13.7. The van der Waals surface area contributed by atoms with Gasteiger partial charge in [0, 0.05) is 24.8 Å². The Kier molecular flexibility index (Phi) is 5.96. The van der Waals surface area contributed by atoms with Crippen molar-refractivity contribution in [3.05, 3.63) is 48.0 Å². The van der Waals surface area contributed by atoms with E-state index in [1.807, 2.05) is 0 Å². The van der Waals surface area contributed by atoms with Gasteiger partial charge in [0.15, 0.2) is 0 Å². The van der Waals surface area contributed by atoms with Crippen LogP contribution in [0.25, 0.3) is 11.3 Å². The number of hydrogen-bond acceptors (Lipinski definition) is 3. The van der Waals surface area contributed by atoms with Crippen LogP contribution in [0.15, 0.2) is 40.8 Å². The highest BCUT2D eigenvalue weighted by Crippen LogP contribution is 2.25. The fourth-order valence-electron chi connectivity index (χ4n) is 2.48. The van der Waals surface area contributed by atoms with Gasteiger partial charge in [0.2, 0.25) is 5.91 Å². The minimum atomic E-state index is -0.890. The van der Waals surface area contributed by atoms with E-state index in [9.17, 15) is 14.0 Å². The maximum atomic E-state index is 13.7. The van der Waals surface area contributed by atoms with Crippen molar-refractivity contribution >= 4 is 11.9 Å². The van der Waals surface area contributed by atoms with Gasteiger partial charge < -0.3 is 14.8 Å². The van der Waals surface area contributed by atoms with Crippen molar-refractivity contribution in [1.29, 1.82) is 0 Å². The van der Waals surface area contributed by atoms with E-state index >= 15 is 0 Å². The molecule has 1 aromatic carbocycles. The first-order valence-corrected chi connectivity index (χ1v) is 8.13. The fraction of sp³-hybridized carbons (Fsp3) is 0.368. The summed E-state index contributed by atoms with van der Waals surface area (Å²) in [4.78, 5) is 22.7. The molecule has 0 atom stereocenters. The number of carboxylic acid groups (broad SMARTS) is 1. The monoisotopic (exact) mass is 347 g/mol. The minimum Gasteiger partial charge on any atom is -0.481 e. The molecule has 0 aliphatic rings. The number of furan rings is 1. The van der Waals surface area contributed by atoms with Crippen LogP contribution < -0.4 is 5.32 Å². The van der Waals surface area contributed by atoms with Crippen molar-refractivity contribution in [2.24, 2.45) is 0 Å². The van der Waals surface area contributed by atoms with Crippen LogP contribution in [0.5, 0.6) is 0 Å². The van der Waals surface area contributed by atoms with Gasteiger partial charge in [-0.25, -0.2) is 4.39 Å². The van der Waals surface area contributed by atoms with Gasteiger partial charge in [0.05, 0.1) is 5.56 Å². The van der Waals surface area contributed by atoms with E-state index in [0.717, 1.165) is 0 Å². The summed E-state index contributed by atoms with van der Waals surface area (Å²) >= 11 is 0. The highest BCUT2D eigenvalue weighted by atomic mass is 19.1. The highest BCUT2D eigenvalue weighted by Gasteiger charge is 2.21. The lowest BCUT2D eigenvalue weighted by Crippen LogP contribution is -2.43. The van der Waals surface area contributed by atoms with E-state index in [1.165, 1.54) is 6.07 Å². The van der Waals surface area contributed by atoms with Crippen molar-refractivity contribution in [3.8, 4) is 11.3 Å². The number of carboxylic acids is 1. The molecule has 0 radical (unpaired) electrons. The zero-order chi connectivity index (χ0) is 18.4. The number of aryl methyl sites for hydroxylation is 1. The molecule has 0 saturated carbocycles. The Bertz CT molecular complexity index is 751. The number of nitrogens with one attached hydrogen (secondary N) is 1. The molecule has 0 saturated heterocycles. The fourth-order valence-corrected chi connectivity index (χ4v) is 2.48. The van der Waals surface area contributed by atoms with Crippen LogP contribution in [-0.4, -0.2) is 22.5 Å². The Morgan fingerprint density at radius 2 is 1.88 bits per heavy atom. The quantitative estimate of drug-likeness (QED) is 0.762. The summed E-state index contributed by atoms with van der Waals surface area (Å²) in [6.45, 7) is 3.58. The van der Waals surface area contributed by atoms with E-state index in [2.05, 4.69) is 5.32 Å². The van der Waals surface area contributed by atoms with Crippen LogP contribution in [0.4, 0.5) is 4.39 Å². The van der Waals surface area contributed by atoms with Gasteiger partial charge >= 0.3 is 5.97 Å². The van der Waals surface area contributed by atoms with Crippen molar-refractivity contribution in [1.82, 2.24) is 5.32 Å². The second-order valence-electron chi connectivity index (χ2n) is 6.57. The summed E-state index contributed by atoms with van der Waals surface area (Å²) in [5.41, 5.74) is -0.204. The van der Waals surface area contributed by atoms with Gasteiger partial charge in [-0.15, -0.1) is 0 Å². The number of aliphatic carboxylic acids is 1. The zero-order valence-electron chi connectivity index (χ0n) is 14.3. The molecule has 2 aromatic rings. The Labute approximate surface area is 145 Å². The maximum Gasteiger partial charge on any atom is 0.303 e. The van der Waals surface area contributed by atoms with Crippen molar-refractivity contribution in [2.45, 2.75) is 45.1 Å². The van der Waals surface area contributed by atoms with Crippen LogP contribution in [0.2, 0.25) is 0 Å². The molecule has 0 bridgehead atoms. The summed E-state index contributed by atoms with van der Waals surface area (Å²) in [7, 11) is 0. The molecular weight excluding hydrogens is 325 g/mol. The van der Waals surface area contributed by atoms with Gasteiger partial charge in [0.1, 0.15) is 17.3 Å². The van der Waals surface area contributed by atoms with Gasteiger partial charge in [-0.2, -0.15) is 0 Å². The van der Waals surface area contributed by atoms with Crippen LogP contribution in [-0.2, 0) is 16.0 Å². The van der Waals surface area contributed by atoms with Crippen LogP contribution >= 0.6 is 0 Å². The Morgan fingerprint density at radius 1 is 1.16 bits per heavy atom. The molecule has 1 amide bonds. The second kappa shape index (κ2) is 7.96. The summed E-state index contributed by atoms with van der Waals surface area (Å²) in [5, 5.41) is 11.6. The SMILES string of the molecule is CC(C)(CCC(=O)O)NC(=O)CCc1ccc(-c2ccccc2F)o1. The zero-order valence-corrected chi connectivity index (χ0v) is 14.3. The molecule has 25 heavy (non-hydrogen) atoms. The third-order valence-electron chi connectivity index (χ3n) is 3.84. The minimum absolute atomic E-state index is 0.00252. The number of amides is 1. The number of benzene rings is 1. The Morgan fingerprint density at radius 3 is 2.56 bits per heavy atom. The molecule has 6 heteroatoms. The van der Waals surface area contributed by atoms with E-state index in [-0.39, 0.29) is 24.6 Å². The predicted molar refractivity (Wildman–Crippen MR) is 91.5 cm³/mol. The number of hydrogen-bond donors (Lipinski definition) is 2. The lowest BCUT2D eigenvalue weighted by atomic mass is 9.98. The lowest BCUT2D eigenvalue weighted by molar-refractivity contribution is -0.137. The molecule has 0 spiro atoms. The molecule has 5 nitrogen and oxygen atoms in total. The normalized spacial score (nSPS) is 11.3. The summed E-state index contributed by atoms with van der Waals surface area (Å²) in [6.07, 6.45) is 0.944. The number of carbonyl (C=O) groups is 2. The molecule has 134 valence electrons. The summed E-state index contributed by atoms with van der Waals surface area (Å²) < 4.78 is 19.4. The smallest absolute Gasteiger partial charge is 0.303 e. The van der Waals surface area contributed by atoms with Gasteiger partial charge in [-0.1, -0.05) is 12.1 Å². The first-order chi connectivity index (χ1) is 11.8. The van der Waals surface area contributed by atoms with E-state index in [4.69, 9.17) is 9.52 Å². The first kappa shape index (κ1) is 18.7. The van der Waals surface area contributed by atoms with E-state index in [0.29, 0.717) is 29.9 Å². The third kappa shape index (κ3) is 5.74. The van der Waals surface area contributed by atoms with Crippen LogP contribution in [0.1, 0.15) is 38.9 Å². The molecule has 2 rings (SSSR count). The molecule has 0 unspecified atom stereocenters. The number of carbonyl (C=O) groups excluding carboxylic acids is 1. The molecule has 2 N–H and O–H groups in total. The first-order valence-electron chi connectivity index (χ1n) is 8.13. The topological polar surface area (TPSA) is 79.5 Å². The molecule has 0 aliphatic heterocycles. The Balaban J connectivity index is 1.88. The lowest BCUT2D eigenvalue weighted by Gasteiger charge is -2.25. The summed E-state index contributed by atoms with van der Waals surface area (Å²) in [5.74, 6) is -0.411. The predicted octanol–water partition coefficient (Wildman–Crippen LogP) is 3.78. The van der Waals surface area contributed by atoms with E-state index in [1.54, 1.807) is 44.2 Å². The second-order valence-corrected chi connectivity index (χ2v) is 6.57. The Hall–Kier alpha value is -2.63. The van der Waals surface area contributed by atoms with Gasteiger partial charge in [0.25, 0.3) is 0 Å². The largest absolute Gasteiger partial charge is 0.481 e. The number of halogens is 1. The molecule has 0 aliphatic carbocycles. The molecule has 0 fully saturated rings. The van der Waals surface area contributed by atoms with Crippen LogP contribution in [0.3, 0.4) is 0 Å². The van der Waals surface area contributed by atoms with Crippen molar-refractivity contribution < 1.29 is 23.5 Å².